The van der Waals surface area contributed by atoms with E-state index in [0.717, 1.165) is 22.5 Å². The Balaban J connectivity index is 1.75. The quantitative estimate of drug-likeness (QED) is 0.605. The fourth-order valence-corrected chi connectivity index (χ4v) is 4.13. The Morgan fingerprint density at radius 3 is 2.00 bits per heavy atom. The lowest BCUT2D eigenvalue weighted by atomic mass is 10.0. The van der Waals surface area contributed by atoms with Crippen molar-refractivity contribution in [1.82, 2.24) is 15.2 Å². The molecule has 0 radical (unpaired) electrons. The molecule has 1 saturated heterocycles. The van der Waals surface area contributed by atoms with Crippen LogP contribution in [-0.4, -0.2) is 32.5 Å². The number of hydrogen-bond acceptors (Lipinski definition) is 6. The van der Waals surface area contributed by atoms with E-state index >= 15 is 0 Å². The van der Waals surface area contributed by atoms with E-state index in [1.165, 1.54) is 22.9 Å². The van der Waals surface area contributed by atoms with E-state index in [1.807, 2.05) is 31.2 Å². The maximum absolute atomic E-state index is 12.0. The molecule has 5 nitrogen and oxygen atoms in total. The van der Waals surface area contributed by atoms with Crippen molar-refractivity contribution in [2.24, 2.45) is 0 Å². The van der Waals surface area contributed by atoms with Gasteiger partial charge in [-0.25, -0.2) is 4.98 Å². The molecule has 0 amide bonds. The highest BCUT2D eigenvalue weighted by molar-refractivity contribution is 8.00. The third-order valence-electron chi connectivity index (χ3n) is 4.69. The molecule has 1 fully saturated rings. The molecule has 1 aliphatic rings. The first-order valence-corrected chi connectivity index (χ1v) is 10.1. The highest BCUT2D eigenvalue weighted by Crippen LogP contribution is 2.34. The number of hydrogen-bond donors (Lipinski definition) is 0. The lowest BCUT2D eigenvalue weighted by molar-refractivity contribution is -0.140. The Morgan fingerprint density at radius 1 is 0.893 bits per heavy atom. The van der Waals surface area contributed by atoms with Crippen LogP contribution in [-0.2, 0) is 9.53 Å². The lowest BCUT2D eigenvalue weighted by Gasteiger charge is -2.11. The van der Waals surface area contributed by atoms with Gasteiger partial charge in [0.2, 0.25) is 5.16 Å². The standard InChI is InChI=1S/C22H21N3O2S/c1-13-4-8-16(9-5-13)19-20(17-10-6-14(2)7-11-17)24-25-22(23-19)28-18-12-15(3)27-21(18)26/h4-11,15,18H,12H2,1-3H3/t15-,18+/m0/s1. The van der Waals surface area contributed by atoms with Crippen LogP contribution < -0.4 is 0 Å². The molecule has 2 heterocycles. The molecule has 0 N–H and O–H groups in total. The molecular formula is C22H21N3O2S. The minimum absolute atomic E-state index is 0.0682. The van der Waals surface area contributed by atoms with Crippen molar-refractivity contribution in [3.8, 4) is 22.5 Å². The van der Waals surface area contributed by atoms with Crippen LogP contribution in [0.15, 0.2) is 53.7 Å². The van der Waals surface area contributed by atoms with Crippen molar-refractivity contribution in [2.75, 3.05) is 0 Å². The lowest BCUT2D eigenvalue weighted by Crippen LogP contribution is -2.11. The molecule has 0 spiro atoms. The molecule has 142 valence electrons. The van der Waals surface area contributed by atoms with Gasteiger partial charge in [0.1, 0.15) is 22.7 Å². The van der Waals surface area contributed by atoms with Gasteiger partial charge in [-0.15, -0.1) is 10.2 Å². The zero-order chi connectivity index (χ0) is 19.7. The maximum Gasteiger partial charge on any atom is 0.319 e. The normalized spacial score (nSPS) is 18.9. The van der Waals surface area contributed by atoms with Crippen molar-refractivity contribution >= 4 is 17.7 Å². The van der Waals surface area contributed by atoms with Gasteiger partial charge in [0.05, 0.1) is 0 Å². The van der Waals surface area contributed by atoms with Crippen LogP contribution in [0.25, 0.3) is 22.5 Å². The molecule has 2 atom stereocenters. The van der Waals surface area contributed by atoms with Crippen molar-refractivity contribution in [1.29, 1.82) is 0 Å². The van der Waals surface area contributed by atoms with Crippen molar-refractivity contribution in [3.05, 3.63) is 59.7 Å². The molecule has 28 heavy (non-hydrogen) atoms. The van der Waals surface area contributed by atoms with Crippen LogP contribution in [0.1, 0.15) is 24.5 Å². The summed E-state index contributed by atoms with van der Waals surface area (Å²) in [6, 6.07) is 16.3. The van der Waals surface area contributed by atoms with Crippen LogP contribution in [0, 0.1) is 13.8 Å². The number of thioether (sulfide) groups is 1. The second-order valence-corrected chi connectivity index (χ2v) is 8.28. The third kappa shape index (κ3) is 3.92. The molecule has 2 aromatic carbocycles. The van der Waals surface area contributed by atoms with Gasteiger partial charge in [0.15, 0.2) is 0 Å². The number of aromatic nitrogens is 3. The number of ether oxygens (including phenoxy) is 1. The smallest absolute Gasteiger partial charge is 0.319 e. The Bertz CT molecular complexity index is 1000. The summed E-state index contributed by atoms with van der Waals surface area (Å²) in [6.07, 6.45) is 0.591. The van der Waals surface area contributed by atoms with Gasteiger partial charge in [-0.3, -0.25) is 4.79 Å². The second-order valence-electron chi connectivity index (χ2n) is 7.11. The van der Waals surface area contributed by atoms with Crippen LogP contribution in [0.3, 0.4) is 0 Å². The first kappa shape index (κ1) is 18.6. The van der Waals surface area contributed by atoms with Crippen molar-refractivity contribution < 1.29 is 9.53 Å². The number of aryl methyl sites for hydroxylation is 2. The predicted molar refractivity (Wildman–Crippen MR) is 110 cm³/mol. The number of esters is 1. The topological polar surface area (TPSA) is 65.0 Å². The third-order valence-corrected chi connectivity index (χ3v) is 5.74. The molecule has 1 aromatic heterocycles. The summed E-state index contributed by atoms with van der Waals surface area (Å²) >= 11 is 1.32. The minimum atomic E-state index is -0.284. The van der Waals surface area contributed by atoms with E-state index in [0.29, 0.717) is 11.6 Å². The molecule has 0 saturated carbocycles. The van der Waals surface area contributed by atoms with Crippen LogP contribution in [0.4, 0.5) is 0 Å². The van der Waals surface area contributed by atoms with Gasteiger partial charge in [-0.1, -0.05) is 71.4 Å². The summed E-state index contributed by atoms with van der Waals surface area (Å²) in [5, 5.41) is 8.98. The van der Waals surface area contributed by atoms with E-state index < -0.39 is 0 Å². The summed E-state index contributed by atoms with van der Waals surface area (Å²) < 4.78 is 5.24. The monoisotopic (exact) mass is 391 g/mol. The zero-order valence-electron chi connectivity index (χ0n) is 16.0. The van der Waals surface area contributed by atoms with Gasteiger partial charge in [0, 0.05) is 17.5 Å². The Morgan fingerprint density at radius 2 is 1.46 bits per heavy atom. The van der Waals surface area contributed by atoms with E-state index in [1.54, 1.807) is 0 Å². The van der Waals surface area contributed by atoms with Gasteiger partial charge < -0.3 is 4.74 Å². The van der Waals surface area contributed by atoms with E-state index in [2.05, 4.69) is 48.3 Å². The van der Waals surface area contributed by atoms with Crippen molar-refractivity contribution in [3.63, 3.8) is 0 Å². The fourth-order valence-electron chi connectivity index (χ4n) is 3.12. The Labute approximate surface area is 168 Å². The van der Waals surface area contributed by atoms with E-state index in [9.17, 15) is 4.79 Å². The predicted octanol–water partition coefficient (Wildman–Crippen LogP) is 4.62. The highest BCUT2D eigenvalue weighted by atomic mass is 32.2. The zero-order valence-corrected chi connectivity index (χ0v) is 16.9. The minimum Gasteiger partial charge on any atom is -0.462 e. The van der Waals surface area contributed by atoms with E-state index in [-0.39, 0.29) is 17.3 Å². The van der Waals surface area contributed by atoms with Crippen LogP contribution >= 0.6 is 11.8 Å². The summed E-state index contributed by atoms with van der Waals surface area (Å²) in [5.41, 5.74) is 5.80. The molecule has 1 aliphatic heterocycles. The number of carbonyl (C=O) groups is 1. The number of carbonyl (C=O) groups excluding carboxylic acids is 1. The average Bonchev–Trinajstić information content (AvgIpc) is 3.00. The number of cyclic esters (lactones) is 1. The first-order valence-electron chi connectivity index (χ1n) is 9.25. The van der Waals surface area contributed by atoms with Crippen LogP contribution in [0.2, 0.25) is 0 Å². The fraction of sp³-hybridized carbons (Fsp3) is 0.273. The maximum atomic E-state index is 12.0. The summed E-state index contributed by atoms with van der Waals surface area (Å²) in [5.74, 6) is -0.208. The summed E-state index contributed by atoms with van der Waals surface area (Å²) in [6.45, 7) is 6.00. The largest absolute Gasteiger partial charge is 0.462 e. The number of rotatable bonds is 4. The molecule has 0 bridgehead atoms. The second kappa shape index (κ2) is 7.72. The average molecular weight is 391 g/mol. The Hall–Kier alpha value is -2.73. The summed E-state index contributed by atoms with van der Waals surface area (Å²) in [4.78, 5) is 16.8. The highest BCUT2D eigenvalue weighted by Gasteiger charge is 2.33. The van der Waals surface area contributed by atoms with E-state index in [4.69, 9.17) is 9.72 Å². The molecular weight excluding hydrogens is 370 g/mol. The van der Waals surface area contributed by atoms with Gasteiger partial charge in [-0.2, -0.15) is 0 Å². The SMILES string of the molecule is Cc1ccc(-c2nnc(S[C@@H]3C[C@H](C)OC3=O)nc2-c2ccc(C)cc2)cc1. The van der Waals surface area contributed by atoms with Crippen LogP contribution in [0.5, 0.6) is 0 Å². The van der Waals surface area contributed by atoms with Gasteiger partial charge in [-0.05, 0) is 20.8 Å². The molecule has 0 aliphatic carbocycles. The summed E-state index contributed by atoms with van der Waals surface area (Å²) in [7, 11) is 0. The van der Waals surface area contributed by atoms with Crippen molar-refractivity contribution in [2.45, 2.75) is 43.7 Å². The molecule has 0 unspecified atom stereocenters. The Kier molecular flexibility index (Phi) is 5.13. The molecule has 3 aromatic rings. The first-order chi connectivity index (χ1) is 13.5. The van der Waals surface area contributed by atoms with Gasteiger partial charge in [0.25, 0.3) is 0 Å². The number of benzene rings is 2. The van der Waals surface area contributed by atoms with Gasteiger partial charge >= 0.3 is 5.97 Å². The number of nitrogens with zero attached hydrogens (tertiary/aromatic N) is 3. The molecule has 6 heteroatoms. The molecule has 4 rings (SSSR count).